The first-order valence-corrected chi connectivity index (χ1v) is 10.2. The highest BCUT2D eigenvalue weighted by Gasteiger charge is 2.48. The van der Waals surface area contributed by atoms with Crippen LogP contribution in [0.2, 0.25) is 0 Å². The van der Waals surface area contributed by atoms with Gasteiger partial charge in [0.2, 0.25) is 17.6 Å². The highest BCUT2D eigenvalue weighted by atomic mass is 16.5. The largest absolute Gasteiger partial charge is 0.481 e. The number of likely N-dealkylation sites (tertiary alicyclic amines) is 1. The first-order chi connectivity index (χ1) is 13.7. The Bertz CT molecular complexity index is 872. The Kier molecular flexibility index (Phi) is 6.05. The molecule has 1 atom stereocenters. The Morgan fingerprint density at radius 1 is 1.21 bits per heavy atom. The molecule has 3 rings (SSSR count). The molecule has 1 saturated heterocycles. The third-order valence-corrected chi connectivity index (χ3v) is 6.04. The molecule has 1 amide bonds. The van der Waals surface area contributed by atoms with Crippen molar-refractivity contribution >= 4 is 11.9 Å². The maximum atomic E-state index is 12.6. The fourth-order valence-corrected chi connectivity index (χ4v) is 3.80. The average Bonchev–Trinajstić information content (AvgIpc) is 3.34. The third kappa shape index (κ3) is 4.33. The van der Waals surface area contributed by atoms with Crippen LogP contribution in [-0.2, 0) is 16.0 Å². The fraction of sp³-hybridized carbons (Fsp3) is 0.545. The maximum absolute atomic E-state index is 12.6. The summed E-state index contributed by atoms with van der Waals surface area (Å²) >= 11 is 0. The molecule has 1 fully saturated rings. The van der Waals surface area contributed by atoms with Gasteiger partial charge in [0.05, 0.1) is 5.41 Å². The SMILES string of the molecule is CC(C)c1ccc(-c2noc(CCC(=O)N3CCC(C(=O)O)(C(C)C)C3)n2)cc1. The van der Waals surface area contributed by atoms with Crippen molar-refractivity contribution < 1.29 is 19.2 Å². The molecule has 0 spiro atoms. The van der Waals surface area contributed by atoms with Gasteiger partial charge in [-0.3, -0.25) is 9.59 Å². The number of aliphatic carboxylic acids is 1. The lowest BCUT2D eigenvalue weighted by atomic mass is 9.76. The predicted molar refractivity (Wildman–Crippen MR) is 108 cm³/mol. The van der Waals surface area contributed by atoms with Crippen molar-refractivity contribution in [2.75, 3.05) is 13.1 Å². The van der Waals surface area contributed by atoms with Crippen molar-refractivity contribution in [2.24, 2.45) is 11.3 Å². The molecule has 1 aromatic carbocycles. The summed E-state index contributed by atoms with van der Waals surface area (Å²) < 4.78 is 5.30. The zero-order valence-corrected chi connectivity index (χ0v) is 17.5. The smallest absolute Gasteiger partial charge is 0.311 e. The van der Waals surface area contributed by atoms with E-state index >= 15 is 0 Å². The minimum Gasteiger partial charge on any atom is -0.481 e. The number of carbonyl (C=O) groups excluding carboxylic acids is 1. The van der Waals surface area contributed by atoms with E-state index in [-0.39, 0.29) is 24.8 Å². The van der Waals surface area contributed by atoms with Gasteiger partial charge in [0.15, 0.2) is 0 Å². The van der Waals surface area contributed by atoms with E-state index in [0.29, 0.717) is 37.0 Å². The molecule has 0 radical (unpaired) electrons. The molecular weight excluding hydrogens is 370 g/mol. The van der Waals surface area contributed by atoms with E-state index in [4.69, 9.17) is 4.52 Å². The fourth-order valence-electron chi connectivity index (χ4n) is 3.80. The van der Waals surface area contributed by atoms with E-state index in [1.807, 2.05) is 26.0 Å². The Morgan fingerprint density at radius 3 is 2.45 bits per heavy atom. The quantitative estimate of drug-likeness (QED) is 0.762. The van der Waals surface area contributed by atoms with Gasteiger partial charge in [0.25, 0.3) is 0 Å². The minimum absolute atomic E-state index is 0.0293. The summed E-state index contributed by atoms with van der Waals surface area (Å²) in [6.45, 7) is 8.81. The number of amides is 1. The molecule has 1 N–H and O–H groups in total. The summed E-state index contributed by atoms with van der Waals surface area (Å²) in [7, 11) is 0. The highest BCUT2D eigenvalue weighted by molar-refractivity contribution is 5.81. The van der Waals surface area contributed by atoms with Gasteiger partial charge in [0.1, 0.15) is 0 Å². The molecule has 29 heavy (non-hydrogen) atoms. The topological polar surface area (TPSA) is 96.5 Å². The second-order valence-corrected chi connectivity index (χ2v) is 8.47. The summed E-state index contributed by atoms with van der Waals surface area (Å²) in [5.41, 5.74) is 1.26. The zero-order chi connectivity index (χ0) is 21.2. The van der Waals surface area contributed by atoms with Gasteiger partial charge in [-0.15, -0.1) is 0 Å². The molecule has 7 nitrogen and oxygen atoms in total. The van der Waals surface area contributed by atoms with Crippen molar-refractivity contribution in [2.45, 2.75) is 52.9 Å². The van der Waals surface area contributed by atoms with Gasteiger partial charge in [-0.1, -0.05) is 57.1 Å². The van der Waals surface area contributed by atoms with Crippen LogP contribution in [0.25, 0.3) is 11.4 Å². The zero-order valence-electron chi connectivity index (χ0n) is 17.5. The molecule has 1 aliphatic heterocycles. The summed E-state index contributed by atoms with van der Waals surface area (Å²) in [5, 5.41) is 13.6. The first kappa shape index (κ1) is 21.0. The lowest BCUT2D eigenvalue weighted by Gasteiger charge is -2.28. The first-order valence-electron chi connectivity index (χ1n) is 10.2. The molecule has 2 aromatic rings. The molecule has 1 aliphatic rings. The van der Waals surface area contributed by atoms with E-state index in [1.54, 1.807) is 4.90 Å². The number of aromatic nitrogens is 2. The predicted octanol–water partition coefficient (Wildman–Crippen LogP) is 3.75. The number of rotatable bonds is 7. The highest BCUT2D eigenvalue weighted by Crippen LogP contribution is 2.38. The number of hydrogen-bond acceptors (Lipinski definition) is 5. The van der Waals surface area contributed by atoms with Gasteiger partial charge in [0, 0.05) is 31.5 Å². The lowest BCUT2D eigenvalue weighted by molar-refractivity contribution is -0.151. The lowest BCUT2D eigenvalue weighted by Crippen LogP contribution is -2.40. The monoisotopic (exact) mass is 399 g/mol. The maximum Gasteiger partial charge on any atom is 0.311 e. The number of benzene rings is 1. The Labute approximate surface area is 171 Å². The Hall–Kier alpha value is -2.70. The van der Waals surface area contributed by atoms with Gasteiger partial charge in [-0.25, -0.2) is 0 Å². The molecule has 0 saturated carbocycles. The van der Waals surface area contributed by atoms with Crippen LogP contribution in [-0.4, -0.2) is 45.1 Å². The number of hydrogen-bond donors (Lipinski definition) is 1. The number of carbonyl (C=O) groups is 2. The van der Waals surface area contributed by atoms with Crippen molar-refractivity contribution in [3.8, 4) is 11.4 Å². The molecular formula is C22H29N3O4. The molecule has 0 bridgehead atoms. The second-order valence-electron chi connectivity index (χ2n) is 8.47. The summed E-state index contributed by atoms with van der Waals surface area (Å²) in [5.74, 6) is 0.445. The molecule has 0 aliphatic carbocycles. The van der Waals surface area contributed by atoms with Crippen molar-refractivity contribution in [1.82, 2.24) is 15.0 Å². The van der Waals surface area contributed by atoms with E-state index in [9.17, 15) is 14.7 Å². The van der Waals surface area contributed by atoms with Crippen molar-refractivity contribution in [3.63, 3.8) is 0 Å². The number of aryl methyl sites for hydroxylation is 1. The third-order valence-electron chi connectivity index (χ3n) is 6.04. The van der Waals surface area contributed by atoms with Crippen LogP contribution < -0.4 is 0 Å². The van der Waals surface area contributed by atoms with Crippen LogP contribution >= 0.6 is 0 Å². The van der Waals surface area contributed by atoms with E-state index in [2.05, 4.69) is 36.1 Å². The Balaban J connectivity index is 1.58. The van der Waals surface area contributed by atoms with Gasteiger partial charge >= 0.3 is 5.97 Å². The van der Waals surface area contributed by atoms with Crippen molar-refractivity contribution in [3.05, 3.63) is 35.7 Å². The van der Waals surface area contributed by atoms with Gasteiger partial charge in [-0.05, 0) is 23.8 Å². The summed E-state index contributed by atoms with van der Waals surface area (Å²) in [6.07, 6.45) is 1.05. The normalized spacial score (nSPS) is 19.3. The number of carboxylic acid groups (broad SMARTS) is 1. The van der Waals surface area contributed by atoms with E-state index in [0.717, 1.165) is 5.56 Å². The van der Waals surface area contributed by atoms with Gasteiger partial charge in [-0.2, -0.15) is 4.98 Å². The van der Waals surface area contributed by atoms with Crippen LogP contribution in [0.3, 0.4) is 0 Å². The van der Waals surface area contributed by atoms with Crippen LogP contribution in [0.5, 0.6) is 0 Å². The van der Waals surface area contributed by atoms with E-state index in [1.165, 1.54) is 5.56 Å². The molecule has 2 heterocycles. The molecule has 156 valence electrons. The molecule has 1 aromatic heterocycles. The van der Waals surface area contributed by atoms with Crippen LogP contribution in [0.4, 0.5) is 0 Å². The number of nitrogens with zero attached hydrogens (tertiary/aromatic N) is 3. The van der Waals surface area contributed by atoms with Crippen LogP contribution in [0, 0.1) is 11.3 Å². The summed E-state index contributed by atoms with van der Waals surface area (Å²) in [6, 6.07) is 8.04. The Morgan fingerprint density at radius 2 is 1.90 bits per heavy atom. The van der Waals surface area contributed by atoms with Crippen LogP contribution in [0.15, 0.2) is 28.8 Å². The van der Waals surface area contributed by atoms with Crippen molar-refractivity contribution in [1.29, 1.82) is 0 Å². The standard InChI is InChI=1S/C22H29N3O4/c1-14(2)16-5-7-17(8-6-16)20-23-18(29-24-20)9-10-19(26)25-12-11-22(13-25,15(3)4)21(27)28/h5-8,14-15H,9-13H2,1-4H3,(H,27,28). The molecule has 7 heteroatoms. The minimum atomic E-state index is -0.852. The van der Waals surface area contributed by atoms with E-state index < -0.39 is 11.4 Å². The van der Waals surface area contributed by atoms with Gasteiger partial charge < -0.3 is 14.5 Å². The average molecular weight is 399 g/mol. The molecule has 1 unspecified atom stereocenters. The second kappa shape index (κ2) is 8.35. The number of carboxylic acids is 1. The summed E-state index contributed by atoms with van der Waals surface area (Å²) in [4.78, 5) is 30.4. The van der Waals surface area contributed by atoms with Crippen LogP contribution in [0.1, 0.15) is 57.9 Å².